The lowest BCUT2D eigenvalue weighted by Crippen LogP contribution is -2.54. The molecule has 0 unspecified atom stereocenters. The summed E-state index contributed by atoms with van der Waals surface area (Å²) >= 11 is 0. The molecular weight excluding hydrogens is 258 g/mol. The van der Waals surface area contributed by atoms with Gasteiger partial charge >= 0.3 is 0 Å². The largest absolute Gasteiger partial charge is 0.297 e. The number of rotatable bonds is 8. The van der Waals surface area contributed by atoms with Crippen LogP contribution in [0.25, 0.3) is 0 Å². The van der Waals surface area contributed by atoms with Crippen LogP contribution in [0.15, 0.2) is 18.2 Å². The van der Waals surface area contributed by atoms with Crippen LogP contribution in [-0.4, -0.2) is 29.3 Å². The zero-order valence-electron chi connectivity index (χ0n) is 14.6. The zero-order chi connectivity index (χ0) is 16.0. The number of likely N-dealkylation sites (N-methyl/N-ethyl adjacent to an activating group) is 1. The fraction of sp³-hybridized carbons (Fsp3) is 0.632. The van der Waals surface area contributed by atoms with Crippen molar-refractivity contribution in [2.75, 3.05) is 13.1 Å². The van der Waals surface area contributed by atoms with Crippen LogP contribution in [0, 0.1) is 13.8 Å². The van der Waals surface area contributed by atoms with Crippen LogP contribution in [0.3, 0.4) is 0 Å². The van der Waals surface area contributed by atoms with E-state index in [2.05, 4.69) is 64.6 Å². The maximum Gasteiger partial charge on any atom is 0.157 e. The van der Waals surface area contributed by atoms with E-state index in [4.69, 9.17) is 0 Å². The molecule has 0 atom stereocenters. The summed E-state index contributed by atoms with van der Waals surface area (Å²) in [7, 11) is 0. The maximum atomic E-state index is 13.0. The van der Waals surface area contributed by atoms with Crippen LogP contribution in [0.4, 0.5) is 0 Å². The van der Waals surface area contributed by atoms with Gasteiger partial charge in [-0.3, -0.25) is 9.69 Å². The second-order valence-electron chi connectivity index (χ2n) is 5.93. The summed E-state index contributed by atoms with van der Waals surface area (Å²) in [4.78, 5) is 15.3. The van der Waals surface area contributed by atoms with Gasteiger partial charge in [-0.1, -0.05) is 45.9 Å². The fourth-order valence-electron chi connectivity index (χ4n) is 3.36. The van der Waals surface area contributed by atoms with Crippen molar-refractivity contribution in [2.45, 2.75) is 66.3 Å². The smallest absolute Gasteiger partial charge is 0.157 e. The number of ketones is 1. The minimum Gasteiger partial charge on any atom is -0.297 e. The molecule has 0 spiro atoms. The van der Waals surface area contributed by atoms with Crippen molar-refractivity contribution in [1.29, 1.82) is 0 Å². The Morgan fingerprint density at radius 3 is 2.00 bits per heavy atom. The first-order valence-corrected chi connectivity index (χ1v) is 8.29. The van der Waals surface area contributed by atoms with Crippen molar-refractivity contribution in [3.63, 3.8) is 0 Å². The van der Waals surface area contributed by atoms with E-state index in [-0.39, 0.29) is 5.54 Å². The van der Waals surface area contributed by atoms with Gasteiger partial charge in [-0.05, 0) is 56.5 Å². The predicted octanol–water partition coefficient (Wildman–Crippen LogP) is 4.32. The number of carbonyl (C=O) groups excluding carboxylic acids is 1. The van der Waals surface area contributed by atoms with Crippen molar-refractivity contribution in [3.8, 4) is 0 Å². The third-order valence-corrected chi connectivity index (χ3v) is 4.99. The van der Waals surface area contributed by atoms with Gasteiger partial charge in [0, 0.05) is 6.42 Å². The topological polar surface area (TPSA) is 20.3 Å². The zero-order valence-corrected chi connectivity index (χ0v) is 14.6. The SMILES string of the molecule is CCN(CC)C(CC)(CC)C(=O)Cc1ccc(C)c(C)c1. The van der Waals surface area contributed by atoms with Gasteiger partial charge < -0.3 is 0 Å². The molecule has 0 heterocycles. The number of Topliss-reactive ketones (excluding diaryl/α,β-unsaturated/α-hetero) is 1. The van der Waals surface area contributed by atoms with E-state index in [1.165, 1.54) is 11.1 Å². The molecule has 2 nitrogen and oxygen atoms in total. The summed E-state index contributed by atoms with van der Waals surface area (Å²) in [6.45, 7) is 14.6. The second kappa shape index (κ2) is 7.74. The Hall–Kier alpha value is -1.15. The van der Waals surface area contributed by atoms with Crippen molar-refractivity contribution >= 4 is 5.78 Å². The van der Waals surface area contributed by atoms with Gasteiger partial charge in [0.25, 0.3) is 0 Å². The quantitative estimate of drug-likeness (QED) is 0.710. The standard InChI is InChI=1S/C19H31NO/c1-7-19(8-2,20(9-3)10-4)18(21)14-17-12-11-15(5)16(6)13-17/h11-13H,7-10,14H2,1-6H3. The van der Waals surface area contributed by atoms with Gasteiger partial charge in [0.1, 0.15) is 0 Å². The number of carbonyl (C=O) groups is 1. The molecule has 2 heteroatoms. The van der Waals surface area contributed by atoms with E-state index < -0.39 is 0 Å². The fourth-order valence-corrected chi connectivity index (χ4v) is 3.36. The lowest BCUT2D eigenvalue weighted by molar-refractivity contribution is -0.131. The third-order valence-electron chi connectivity index (χ3n) is 4.99. The highest BCUT2D eigenvalue weighted by atomic mass is 16.1. The van der Waals surface area contributed by atoms with Gasteiger partial charge in [-0.25, -0.2) is 0 Å². The lowest BCUT2D eigenvalue weighted by atomic mass is 9.82. The Kier molecular flexibility index (Phi) is 6.60. The highest BCUT2D eigenvalue weighted by Gasteiger charge is 2.38. The Balaban J connectivity index is 3.03. The molecule has 0 aliphatic rings. The normalized spacial score (nSPS) is 12.0. The Morgan fingerprint density at radius 2 is 1.57 bits per heavy atom. The van der Waals surface area contributed by atoms with Gasteiger partial charge in [-0.15, -0.1) is 0 Å². The third kappa shape index (κ3) is 3.74. The number of benzene rings is 1. The van der Waals surface area contributed by atoms with E-state index >= 15 is 0 Å². The summed E-state index contributed by atoms with van der Waals surface area (Å²) in [5, 5.41) is 0. The Labute approximate surface area is 130 Å². The molecule has 0 fully saturated rings. The van der Waals surface area contributed by atoms with Crippen molar-refractivity contribution in [1.82, 2.24) is 4.90 Å². The molecule has 0 aliphatic heterocycles. The number of aryl methyl sites for hydroxylation is 2. The monoisotopic (exact) mass is 289 g/mol. The van der Waals surface area contributed by atoms with Crippen LogP contribution < -0.4 is 0 Å². The predicted molar refractivity (Wildman–Crippen MR) is 90.9 cm³/mol. The first-order chi connectivity index (χ1) is 9.94. The summed E-state index contributed by atoms with van der Waals surface area (Å²) in [6.07, 6.45) is 2.31. The van der Waals surface area contributed by atoms with Crippen LogP contribution in [-0.2, 0) is 11.2 Å². The molecule has 0 saturated carbocycles. The molecule has 1 aromatic carbocycles. The maximum absolute atomic E-state index is 13.0. The molecular formula is C19H31NO. The molecule has 0 saturated heterocycles. The molecule has 0 aromatic heterocycles. The number of nitrogens with zero attached hydrogens (tertiary/aromatic N) is 1. The van der Waals surface area contributed by atoms with Crippen molar-refractivity contribution < 1.29 is 4.79 Å². The number of hydrogen-bond acceptors (Lipinski definition) is 2. The van der Waals surface area contributed by atoms with Crippen molar-refractivity contribution in [3.05, 3.63) is 34.9 Å². The van der Waals surface area contributed by atoms with E-state index in [0.29, 0.717) is 12.2 Å². The van der Waals surface area contributed by atoms with Crippen LogP contribution in [0.1, 0.15) is 57.2 Å². The molecule has 1 aromatic rings. The van der Waals surface area contributed by atoms with Crippen molar-refractivity contribution in [2.24, 2.45) is 0 Å². The van der Waals surface area contributed by atoms with Gasteiger partial charge in [-0.2, -0.15) is 0 Å². The highest BCUT2D eigenvalue weighted by Crippen LogP contribution is 2.27. The Bertz CT molecular complexity index is 470. The van der Waals surface area contributed by atoms with E-state index in [0.717, 1.165) is 31.5 Å². The summed E-state index contributed by atoms with van der Waals surface area (Å²) in [5.74, 6) is 0.361. The lowest BCUT2D eigenvalue weighted by Gasteiger charge is -2.41. The molecule has 0 N–H and O–H groups in total. The highest BCUT2D eigenvalue weighted by molar-refractivity contribution is 5.90. The molecule has 0 radical (unpaired) electrons. The van der Waals surface area contributed by atoms with E-state index in [1.807, 2.05) is 0 Å². The first kappa shape index (κ1) is 17.9. The minimum atomic E-state index is -0.303. The molecule has 0 bridgehead atoms. The summed E-state index contributed by atoms with van der Waals surface area (Å²) in [5.41, 5.74) is 3.39. The summed E-state index contributed by atoms with van der Waals surface area (Å²) in [6, 6.07) is 6.37. The average Bonchev–Trinajstić information content (AvgIpc) is 2.48. The van der Waals surface area contributed by atoms with Gasteiger partial charge in [0.15, 0.2) is 5.78 Å². The van der Waals surface area contributed by atoms with Crippen LogP contribution in [0.2, 0.25) is 0 Å². The van der Waals surface area contributed by atoms with Gasteiger partial charge in [0.2, 0.25) is 0 Å². The van der Waals surface area contributed by atoms with Gasteiger partial charge in [0.05, 0.1) is 5.54 Å². The summed E-state index contributed by atoms with van der Waals surface area (Å²) < 4.78 is 0. The Morgan fingerprint density at radius 1 is 1.00 bits per heavy atom. The van der Waals surface area contributed by atoms with E-state index in [1.54, 1.807) is 0 Å². The number of hydrogen-bond donors (Lipinski definition) is 0. The molecule has 21 heavy (non-hydrogen) atoms. The molecule has 0 aliphatic carbocycles. The molecule has 0 amide bonds. The molecule has 1 rings (SSSR count). The molecule has 118 valence electrons. The minimum absolute atomic E-state index is 0.303. The second-order valence-corrected chi connectivity index (χ2v) is 5.93. The van der Waals surface area contributed by atoms with Crippen LogP contribution >= 0.6 is 0 Å². The average molecular weight is 289 g/mol. The first-order valence-electron chi connectivity index (χ1n) is 8.29. The van der Waals surface area contributed by atoms with Crippen LogP contribution in [0.5, 0.6) is 0 Å². The van der Waals surface area contributed by atoms with E-state index in [9.17, 15) is 4.79 Å².